The van der Waals surface area contributed by atoms with Gasteiger partial charge in [-0.1, -0.05) is 30.3 Å². The van der Waals surface area contributed by atoms with Crippen molar-refractivity contribution >= 4 is 5.82 Å². The fourth-order valence-electron chi connectivity index (χ4n) is 1.47. The van der Waals surface area contributed by atoms with Crippen LogP contribution in [0.3, 0.4) is 0 Å². The zero-order valence-electron chi connectivity index (χ0n) is 9.05. The van der Waals surface area contributed by atoms with E-state index in [0.29, 0.717) is 12.4 Å². The molecule has 4 nitrogen and oxygen atoms in total. The first-order chi connectivity index (χ1) is 7.79. The Kier molecular flexibility index (Phi) is 3.00. The number of anilines is 1. The summed E-state index contributed by atoms with van der Waals surface area (Å²) in [6, 6.07) is 11.6. The van der Waals surface area contributed by atoms with E-state index < -0.39 is 0 Å². The van der Waals surface area contributed by atoms with Crippen LogP contribution in [0.4, 0.5) is 5.82 Å². The van der Waals surface area contributed by atoms with E-state index in [2.05, 4.69) is 10.3 Å². The molecular weight excluding hydrogens is 202 g/mol. The molecule has 1 aromatic heterocycles. The average Bonchev–Trinajstić information content (AvgIpc) is 2.33. The molecular formula is C12H13N3O. The summed E-state index contributed by atoms with van der Waals surface area (Å²) < 4.78 is 1.58. The van der Waals surface area contributed by atoms with Gasteiger partial charge in [-0.3, -0.25) is 4.57 Å². The lowest BCUT2D eigenvalue weighted by molar-refractivity contribution is 0.729. The molecule has 82 valence electrons. The summed E-state index contributed by atoms with van der Waals surface area (Å²) in [6.45, 7) is 0.552. The molecule has 0 atom stereocenters. The van der Waals surface area contributed by atoms with Gasteiger partial charge < -0.3 is 5.32 Å². The van der Waals surface area contributed by atoms with Crippen LogP contribution in [-0.4, -0.2) is 16.6 Å². The van der Waals surface area contributed by atoms with Crippen LogP contribution >= 0.6 is 0 Å². The summed E-state index contributed by atoms with van der Waals surface area (Å²) in [6.07, 6.45) is 1.74. The van der Waals surface area contributed by atoms with Crippen molar-refractivity contribution < 1.29 is 0 Å². The highest BCUT2D eigenvalue weighted by molar-refractivity contribution is 5.30. The molecule has 1 heterocycles. The molecule has 0 amide bonds. The Labute approximate surface area is 93.6 Å². The second-order valence-electron chi connectivity index (χ2n) is 3.46. The SMILES string of the molecule is CNc1ccn(Cc2ccccc2)c(=O)n1. The molecule has 0 aliphatic heterocycles. The summed E-state index contributed by atoms with van der Waals surface area (Å²) in [4.78, 5) is 15.5. The highest BCUT2D eigenvalue weighted by Gasteiger charge is 1.99. The lowest BCUT2D eigenvalue weighted by atomic mass is 10.2. The van der Waals surface area contributed by atoms with E-state index in [1.807, 2.05) is 30.3 Å². The lowest BCUT2D eigenvalue weighted by Crippen LogP contribution is -2.23. The predicted octanol–water partition coefficient (Wildman–Crippen LogP) is 1.33. The first-order valence-electron chi connectivity index (χ1n) is 5.09. The number of nitrogens with zero attached hydrogens (tertiary/aromatic N) is 2. The molecule has 16 heavy (non-hydrogen) atoms. The zero-order chi connectivity index (χ0) is 11.4. The van der Waals surface area contributed by atoms with E-state index in [0.717, 1.165) is 5.56 Å². The highest BCUT2D eigenvalue weighted by Crippen LogP contribution is 2.01. The van der Waals surface area contributed by atoms with E-state index >= 15 is 0 Å². The maximum atomic E-state index is 11.6. The predicted molar refractivity (Wildman–Crippen MR) is 63.6 cm³/mol. The van der Waals surface area contributed by atoms with Gasteiger partial charge in [-0.15, -0.1) is 0 Å². The van der Waals surface area contributed by atoms with Crippen molar-refractivity contribution in [1.82, 2.24) is 9.55 Å². The van der Waals surface area contributed by atoms with Gasteiger partial charge in [-0.2, -0.15) is 4.98 Å². The second-order valence-corrected chi connectivity index (χ2v) is 3.46. The Hall–Kier alpha value is -2.10. The fourth-order valence-corrected chi connectivity index (χ4v) is 1.47. The third-order valence-electron chi connectivity index (χ3n) is 2.33. The average molecular weight is 215 g/mol. The van der Waals surface area contributed by atoms with Gasteiger partial charge in [0.2, 0.25) is 0 Å². The van der Waals surface area contributed by atoms with Gasteiger partial charge in [-0.25, -0.2) is 4.79 Å². The van der Waals surface area contributed by atoms with Crippen molar-refractivity contribution in [3.05, 3.63) is 58.6 Å². The number of rotatable bonds is 3. The van der Waals surface area contributed by atoms with Crippen LogP contribution in [0.25, 0.3) is 0 Å². The standard InChI is InChI=1S/C12H13N3O/c1-13-11-7-8-15(12(16)14-11)9-10-5-3-2-4-6-10/h2-8H,9H2,1H3,(H,13,14,16). The zero-order valence-corrected chi connectivity index (χ0v) is 9.05. The van der Waals surface area contributed by atoms with Crippen molar-refractivity contribution in [2.75, 3.05) is 12.4 Å². The van der Waals surface area contributed by atoms with Gasteiger partial charge >= 0.3 is 5.69 Å². The second kappa shape index (κ2) is 4.61. The molecule has 1 N–H and O–H groups in total. The van der Waals surface area contributed by atoms with Gasteiger partial charge in [0.15, 0.2) is 0 Å². The fraction of sp³-hybridized carbons (Fsp3) is 0.167. The summed E-state index contributed by atoms with van der Waals surface area (Å²) >= 11 is 0. The van der Waals surface area contributed by atoms with Gasteiger partial charge in [0.05, 0.1) is 6.54 Å². The molecule has 0 fully saturated rings. The number of benzene rings is 1. The lowest BCUT2D eigenvalue weighted by Gasteiger charge is -2.05. The van der Waals surface area contributed by atoms with Crippen LogP contribution < -0.4 is 11.0 Å². The van der Waals surface area contributed by atoms with Gasteiger partial charge in [-0.05, 0) is 11.6 Å². The Balaban J connectivity index is 2.26. The maximum absolute atomic E-state index is 11.6. The first kappa shape index (κ1) is 10.4. The Morgan fingerprint density at radius 1 is 1.25 bits per heavy atom. The molecule has 0 spiro atoms. The number of nitrogens with one attached hydrogen (secondary N) is 1. The molecule has 0 saturated heterocycles. The quantitative estimate of drug-likeness (QED) is 0.840. The van der Waals surface area contributed by atoms with E-state index in [-0.39, 0.29) is 5.69 Å². The summed E-state index contributed by atoms with van der Waals surface area (Å²) in [7, 11) is 1.74. The molecule has 0 radical (unpaired) electrons. The molecule has 0 bridgehead atoms. The molecule has 2 rings (SSSR count). The van der Waals surface area contributed by atoms with Crippen LogP contribution in [0.1, 0.15) is 5.56 Å². The Morgan fingerprint density at radius 2 is 2.00 bits per heavy atom. The van der Waals surface area contributed by atoms with Gasteiger partial charge in [0.25, 0.3) is 0 Å². The number of aromatic nitrogens is 2. The van der Waals surface area contributed by atoms with E-state index in [1.54, 1.807) is 23.9 Å². The van der Waals surface area contributed by atoms with Crippen molar-refractivity contribution in [1.29, 1.82) is 0 Å². The largest absolute Gasteiger partial charge is 0.373 e. The van der Waals surface area contributed by atoms with Crippen LogP contribution in [0.5, 0.6) is 0 Å². The molecule has 0 aliphatic rings. The van der Waals surface area contributed by atoms with Crippen LogP contribution in [0.15, 0.2) is 47.4 Å². The molecule has 0 saturated carbocycles. The molecule has 0 aliphatic carbocycles. The number of hydrogen-bond acceptors (Lipinski definition) is 3. The van der Waals surface area contributed by atoms with E-state index in [9.17, 15) is 4.79 Å². The van der Waals surface area contributed by atoms with Gasteiger partial charge in [0, 0.05) is 13.2 Å². The normalized spacial score (nSPS) is 10.1. The summed E-state index contributed by atoms with van der Waals surface area (Å²) in [5.74, 6) is 0.592. The smallest absolute Gasteiger partial charge is 0.349 e. The van der Waals surface area contributed by atoms with Crippen LogP contribution in [0.2, 0.25) is 0 Å². The Morgan fingerprint density at radius 3 is 2.62 bits per heavy atom. The molecule has 4 heteroatoms. The molecule has 0 unspecified atom stereocenters. The van der Waals surface area contributed by atoms with Gasteiger partial charge in [0.1, 0.15) is 5.82 Å². The summed E-state index contributed by atoms with van der Waals surface area (Å²) in [5.41, 5.74) is 0.847. The minimum Gasteiger partial charge on any atom is -0.373 e. The minimum absolute atomic E-state index is 0.240. The maximum Gasteiger partial charge on any atom is 0.349 e. The minimum atomic E-state index is -0.240. The summed E-state index contributed by atoms with van der Waals surface area (Å²) in [5, 5.41) is 2.83. The van der Waals surface area contributed by atoms with E-state index in [1.165, 1.54) is 0 Å². The molecule has 1 aromatic carbocycles. The van der Waals surface area contributed by atoms with E-state index in [4.69, 9.17) is 0 Å². The third kappa shape index (κ3) is 2.28. The first-order valence-corrected chi connectivity index (χ1v) is 5.09. The van der Waals surface area contributed by atoms with Crippen molar-refractivity contribution in [2.45, 2.75) is 6.54 Å². The Bertz CT molecular complexity index is 519. The third-order valence-corrected chi connectivity index (χ3v) is 2.33. The highest BCUT2D eigenvalue weighted by atomic mass is 16.1. The molecule has 2 aromatic rings. The monoisotopic (exact) mass is 215 g/mol. The van der Waals surface area contributed by atoms with Crippen LogP contribution in [-0.2, 0) is 6.54 Å². The number of hydrogen-bond donors (Lipinski definition) is 1. The van der Waals surface area contributed by atoms with Crippen LogP contribution in [0, 0.1) is 0 Å². The van der Waals surface area contributed by atoms with Crippen molar-refractivity contribution in [3.8, 4) is 0 Å². The van der Waals surface area contributed by atoms with Crippen molar-refractivity contribution in [3.63, 3.8) is 0 Å². The van der Waals surface area contributed by atoms with Crippen molar-refractivity contribution in [2.24, 2.45) is 0 Å². The topological polar surface area (TPSA) is 46.9 Å².